The number of anilines is 1. The van der Waals surface area contributed by atoms with Crippen LogP contribution in [0.25, 0.3) is 0 Å². The molecule has 0 saturated heterocycles. The summed E-state index contributed by atoms with van der Waals surface area (Å²) in [6.45, 7) is 4.57. The molecule has 1 N–H and O–H groups in total. The van der Waals surface area contributed by atoms with Gasteiger partial charge in [0.05, 0.1) is 17.7 Å². The average molecular weight is 247 g/mol. The molecule has 0 bridgehead atoms. The molecule has 90 valence electrons. The maximum atomic E-state index is 13.5. The van der Waals surface area contributed by atoms with Gasteiger partial charge in [0.15, 0.2) is 11.6 Å². The summed E-state index contributed by atoms with van der Waals surface area (Å²) in [4.78, 5) is 3.91. The lowest BCUT2D eigenvalue weighted by Gasteiger charge is -2.22. The molecule has 0 aliphatic carbocycles. The van der Waals surface area contributed by atoms with E-state index in [4.69, 9.17) is 16.3 Å². The number of ether oxygens (including phenoxy) is 1. The Morgan fingerprint density at radius 3 is 2.75 bits per heavy atom. The number of rotatable bonds is 5. The van der Waals surface area contributed by atoms with Gasteiger partial charge < -0.3 is 10.1 Å². The lowest BCUT2D eigenvalue weighted by Crippen LogP contribution is -2.31. The van der Waals surface area contributed by atoms with E-state index >= 15 is 0 Å². The van der Waals surface area contributed by atoms with Gasteiger partial charge in [0.1, 0.15) is 0 Å². The minimum Gasteiger partial charge on any atom is -0.383 e. The lowest BCUT2D eigenvalue weighted by atomic mass is 10.1. The van der Waals surface area contributed by atoms with Crippen molar-refractivity contribution in [3.63, 3.8) is 0 Å². The highest BCUT2D eigenvalue weighted by atomic mass is 35.5. The monoisotopic (exact) mass is 246 g/mol. The van der Waals surface area contributed by atoms with E-state index in [-0.39, 0.29) is 16.9 Å². The molecule has 1 rings (SSSR count). The average Bonchev–Trinajstić information content (AvgIpc) is 2.20. The van der Waals surface area contributed by atoms with E-state index in [0.29, 0.717) is 12.5 Å². The number of methoxy groups -OCH3 is 1. The third-order valence-electron chi connectivity index (χ3n) is 2.28. The number of halogens is 2. The van der Waals surface area contributed by atoms with Crippen LogP contribution in [0.1, 0.15) is 13.8 Å². The van der Waals surface area contributed by atoms with Gasteiger partial charge in [-0.05, 0) is 12.0 Å². The predicted octanol–water partition coefficient (Wildman–Crippen LogP) is 2.96. The van der Waals surface area contributed by atoms with Crippen LogP contribution in [0.3, 0.4) is 0 Å². The molecule has 16 heavy (non-hydrogen) atoms. The highest BCUT2D eigenvalue weighted by molar-refractivity contribution is 6.30. The van der Waals surface area contributed by atoms with Crippen molar-refractivity contribution >= 4 is 17.4 Å². The van der Waals surface area contributed by atoms with Crippen molar-refractivity contribution in [1.82, 2.24) is 4.98 Å². The fourth-order valence-electron chi connectivity index (χ4n) is 1.28. The van der Waals surface area contributed by atoms with Gasteiger partial charge in [0.25, 0.3) is 0 Å². The summed E-state index contributed by atoms with van der Waals surface area (Å²) in [6, 6.07) is 1.26. The summed E-state index contributed by atoms with van der Waals surface area (Å²) >= 11 is 5.62. The second-order valence-corrected chi connectivity index (χ2v) is 4.37. The SMILES string of the molecule is COCC(Nc1ncc(Cl)cc1F)C(C)C. The molecule has 1 aromatic heterocycles. The molecule has 0 aliphatic heterocycles. The van der Waals surface area contributed by atoms with E-state index < -0.39 is 5.82 Å². The number of nitrogens with one attached hydrogen (secondary N) is 1. The van der Waals surface area contributed by atoms with Crippen molar-refractivity contribution in [2.45, 2.75) is 19.9 Å². The molecule has 0 radical (unpaired) electrons. The Hall–Kier alpha value is -0.870. The highest BCUT2D eigenvalue weighted by Gasteiger charge is 2.15. The maximum Gasteiger partial charge on any atom is 0.166 e. The first-order chi connectivity index (χ1) is 7.54. The third-order valence-corrected chi connectivity index (χ3v) is 2.49. The van der Waals surface area contributed by atoms with Crippen LogP contribution in [0, 0.1) is 11.7 Å². The van der Waals surface area contributed by atoms with Crippen LogP contribution >= 0.6 is 11.6 Å². The van der Waals surface area contributed by atoms with Gasteiger partial charge in [-0.3, -0.25) is 0 Å². The zero-order chi connectivity index (χ0) is 12.1. The van der Waals surface area contributed by atoms with Crippen molar-refractivity contribution < 1.29 is 9.13 Å². The minimum atomic E-state index is -0.450. The minimum absolute atomic E-state index is 0.0215. The van der Waals surface area contributed by atoms with Crippen LogP contribution in [0.5, 0.6) is 0 Å². The van der Waals surface area contributed by atoms with Crippen molar-refractivity contribution in [3.05, 3.63) is 23.1 Å². The number of pyridine rings is 1. The zero-order valence-corrected chi connectivity index (χ0v) is 10.4. The van der Waals surface area contributed by atoms with Crippen LogP contribution in [0.4, 0.5) is 10.2 Å². The largest absolute Gasteiger partial charge is 0.383 e. The van der Waals surface area contributed by atoms with Crippen LogP contribution in [-0.4, -0.2) is 24.7 Å². The van der Waals surface area contributed by atoms with Gasteiger partial charge in [0, 0.05) is 13.3 Å². The summed E-state index contributed by atoms with van der Waals surface area (Å²) in [6.07, 6.45) is 1.41. The van der Waals surface area contributed by atoms with E-state index in [2.05, 4.69) is 10.3 Å². The topological polar surface area (TPSA) is 34.1 Å². The van der Waals surface area contributed by atoms with Gasteiger partial charge in [-0.15, -0.1) is 0 Å². The summed E-state index contributed by atoms with van der Waals surface area (Å²) in [5, 5.41) is 3.29. The molecule has 0 aliphatic rings. The molecule has 1 aromatic rings. The Labute approximate surface area is 100.0 Å². The van der Waals surface area contributed by atoms with Crippen molar-refractivity contribution in [1.29, 1.82) is 0 Å². The van der Waals surface area contributed by atoms with Gasteiger partial charge in [-0.25, -0.2) is 9.37 Å². The molecule has 0 fully saturated rings. The van der Waals surface area contributed by atoms with Crippen LogP contribution in [-0.2, 0) is 4.74 Å². The number of hydrogen-bond acceptors (Lipinski definition) is 3. The summed E-state index contributed by atoms with van der Waals surface area (Å²) in [5.41, 5.74) is 0. The first-order valence-electron chi connectivity index (χ1n) is 5.11. The summed E-state index contributed by atoms with van der Waals surface area (Å²) in [7, 11) is 1.61. The molecular weight excluding hydrogens is 231 g/mol. The fraction of sp³-hybridized carbons (Fsp3) is 0.545. The molecule has 0 aromatic carbocycles. The molecule has 1 heterocycles. The Morgan fingerprint density at radius 2 is 2.25 bits per heavy atom. The second kappa shape index (κ2) is 6.01. The molecular formula is C11H16ClFN2O. The first kappa shape index (κ1) is 13.2. The molecule has 5 heteroatoms. The van der Waals surface area contributed by atoms with Crippen molar-refractivity contribution in [3.8, 4) is 0 Å². The van der Waals surface area contributed by atoms with E-state index in [1.54, 1.807) is 7.11 Å². The number of aromatic nitrogens is 1. The van der Waals surface area contributed by atoms with Gasteiger partial charge >= 0.3 is 0 Å². The molecule has 3 nitrogen and oxygen atoms in total. The van der Waals surface area contributed by atoms with Crippen LogP contribution < -0.4 is 5.32 Å². The Kier molecular flexibility index (Phi) is 4.96. The fourth-order valence-corrected chi connectivity index (χ4v) is 1.42. The maximum absolute atomic E-state index is 13.5. The van der Waals surface area contributed by atoms with Crippen LogP contribution in [0.15, 0.2) is 12.3 Å². The second-order valence-electron chi connectivity index (χ2n) is 3.93. The lowest BCUT2D eigenvalue weighted by molar-refractivity contribution is 0.171. The molecule has 0 spiro atoms. The van der Waals surface area contributed by atoms with Gasteiger partial charge in [0.2, 0.25) is 0 Å². The Balaban J connectivity index is 2.77. The first-order valence-corrected chi connectivity index (χ1v) is 5.49. The zero-order valence-electron chi connectivity index (χ0n) is 9.63. The normalized spacial score (nSPS) is 12.9. The van der Waals surface area contributed by atoms with E-state index in [0.717, 1.165) is 0 Å². The predicted molar refractivity (Wildman–Crippen MR) is 63.3 cm³/mol. The van der Waals surface area contributed by atoms with Crippen molar-refractivity contribution in [2.75, 3.05) is 19.0 Å². The van der Waals surface area contributed by atoms with E-state index in [1.165, 1.54) is 12.3 Å². The van der Waals surface area contributed by atoms with E-state index in [9.17, 15) is 4.39 Å². The Bertz CT molecular complexity index is 347. The van der Waals surface area contributed by atoms with Gasteiger partial charge in [-0.2, -0.15) is 0 Å². The highest BCUT2D eigenvalue weighted by Crippen LogP contribution is 2.18. The van der Waals surface area contributed by atoms with E-state index in [1.807, 2.05) is 13.8 Å². The molecule has 1 atom stereocenters. The number of hydrogen-bond donors (Lipinski definition) is 1. The quantitative estimate of drug-likeness (QED) is 0.867. The Morgan fingerprint density at radius 1 is 1.56 bits per heavy atom. The molecule has 0 amide bonds. The third kappa shape index (κ3) is 3.61. The summed E-state index contributed by atoms with van der Waals surface area (Å²) in [5.74, 6) is 0.0752. The van der Waals surface area contributed by atoms with Crippen molar-refractivity contribution in [2.24, 2.45) is 5.92 Å². The summed E-state index contributed by atoms with van der Waals surface area (Å²) < 4.78 is 18.5. The van der Waals surface area contributed by atoms with Gasteiger partial charge in [-0.1, -0.05) is 25.4 Å². The molecule has 1 unspecified atom stereocenters. The van der Waals surface area contributed by atoms with Crippen LogP contribution in [0.2, 0.25) is 5.02 Å². The molecule has 0 saturated carbocycles. The number of nitrogens with zero attached hydrogens (tertiary/aromatic N) is 1. The standard InChI is InChI=1S/C11H16ClFN2O/c1-7(2)10(6-16-3)15-11-9(13)4-8(12)5-14-11/h4-5,7,10H,6H2,1-3H3,(H,14,15). The smallest absolute Gasteiger partial charge is 0.166 e.